The molecular weight excluding hydrogens is 232 g/mol. The molecule has 0 fully saturated rings. The minimum atomic E-state index is -0.502. The van der Waals surface area contributed by atoms with Gasteiger partial charge in [-0.25, -0.2) is 8.78 Å². The largest absolute Gasteiger partial charge is 0.310 e. The predicted octanol–water partition coefficient (Wildman–Crippen LogP) is 4.44. The lowest BCUT2D eigenvalue weighted by Crippen LogP contribution is -2.23. The molecule has 0 aliphatic carbocycles. The highest BCUT2D eigenvalue weighted by atomic mass is 19.1. The minimum absolute atomic E-state index is 0.0325. The molecule has 0 heterocycles. The first-order valence-corrected chi connectivity index (χ1v) is 6.80. The van der Waals surface area contributed by atoms with Gasteiger partial charge in [-0.3, -0.25) is 0 Å². The molecule has 0 aliphatic heterocycles. The second-order valence-corrected chi connectivity index (χ2v) is 4.73. The summed E-state index contributed by atoms with van der Waals surface area (Å²) in [6, 6.07) is 3.81. The standard InChI is InChI=1S/C15H23F2N/c1-4-11(5-2)7-15(18-6-3)12-8-13(16)10-14(17)9-12/h8-11,15,18H,4-7H2,1-3H3. The molecule has 1 unspecified atom stereocenters. The Morgan fingerprint density at radius 2 is 1.56 bits per heavy atom. The third-order valence-electron chi connectivity index (χ3n) is 3.46. The Morgan fingerprint density at radius 1 is 1.00 bits per heavy atom. The first-order chi connectivity index (χ1) is 8.60. The van der Waals surface area contributed by atoms with Crippen LogP contribution in [0.15, 0.2) is 18.2 Å². The number of benzene rings is 1. The maximum atomic E-state index is 13.3. The molecule has 0 radical (unpaired) electrons. The second-order valence-electron chi connectivity index (χ2n) is 4.73. The monoisotopic (exact) mass is 255 g/mol. The van der Waals surface area contributed by atoms with Crippen LogP contribution in [-0.2, 0) is 0 Å². The fraction of sp³-hybridized carbons (Fsp3) is 0.600. The Bertz CT molecular complexity index is 341. The van der Waals surface area contributed by atoms with Crippen molar-refractivity contribution in [2.24, 2.45) is 5.92 Å². The van der Waals surface area contributed by atoms with Gasteiger partial charge in [0.2, 0.25) is 0 Å². The van der Waals surface area contributed by atoms with Crippen molar-refractivity contribution in [3.63, 3.8) is 0 Å². The minimum Gasteiger partial charge on any atom is -0.310 e. The van der Waals surface area contributed by atoms with E-state index in [0.29, 0.717) is 11.5 Å². The van der Waals surface area contributed by atoms with E-state index in [-0.39, 0.29) is 6.04 Å². The van der Waals surface area contributed by atoms with Crippen LogP contribution in [0.5, 0.6) is 0 Å². The van der Waals surface area contributed by atoms with Gasteiger partial charge in [-0.1, -0.05) is 33.6 Å². The zero-order valence-electron chi connectivity index (χ0n) is 11.5. The Hall–Kier alpha value is -0.960. The third kappa shape index (κ3) is 4.37. The molecule has 18 heavy (non-hydrogen) atoms. The van der Waals surface area contributed by atoms with E-state index >= 15 is 0 Å². The summed E-state index contributed by atoms with van der Waals surface area (Å²) in [5.74, 6) is -0.421. The van der Waals surface area contributed by atoms with Crippen LogP contribution < -0.4 is 5.32 Å². The fourth-order valence-corrected chi connectivity index (χ4v) is 2.32. The van der Waals surface area contributed by atoms with Gasteiger partial charge in [0.1, 0.15) is 11.6 Å². The summed E-state index contributed by atoms with van der Waals surface area (Å²) in [6.07, 6.45) is 3.11. The SMILES string of the molecule is CCNC(CC(CC)CC)c1cc(F)cc(F)c1. The van der Waals surface area contributed by atoms with Crippen molar-refractivity contribution in [2.75, 3.05) is 6.54 Å². The van der Waals surface area contributed by atoms with Crippen LogP contribution in [0.4, 0.5) is 8.78 Å². The van der Waals surface area contributed by atoms with E-state index in [4.69, 9.17) is 0 Å². The van der Waals surface area contributed by atoms with Gasteiger partial charge in [-0.2, -0.15) is 0 Å². The van der Waals surface area contributed by atoms with Crippen LogP contribution in [0.1, 0.15) is 51.6 Å². The third-order valence-corrected chi connectivity index (χ3v) is 3.46. The van der Waals surface area contributed by atoms with Gasteiger partial charge in [0, 0.05) is 12.1 Å². The first-order valence-electron chi connectivity index (χ1n) is 6.80. The smallest absolute Gasteiger partial charge is 0.126 e. The summed E-state index contributed by atoms with van der Waals surface area (Å²) < 4.78 is 26.5. The van der Waals surface area contributed by atoms with E-state index in [1.807, 2.05) is 6.92 Å². The van der Waals surface area contributed by atoms with Gasteiger partial charge in [0.25, 0.3) is 0 Å². The Morgan fingerprint density at radius 3 is 2.00 bits per heavy atom. The first kappa shape index (κ1) is 15.1. The van der Waals surface area contributed by atoms with Crippen LogP contribution in [-0.4, -0.2) is 6.54 Å². The van der Waals surface area contributed by atoms with Gasteiger partial charge in [-0.15, -0.1) is 0 Å². The highest BCUT2D eigenvalue weighted by molar-refractivity contribution is 5.21. The van der Waals surface area contributed by atoms with Gasteiger partial charge in [-0.05, 0) is 36.6 Å². The summed E-state index contributed by atoms with van der Waals surface area (Å²) in [5.41, 5.74) is 0.709. The van der Waals surface area contributed by atoms with Crippen LogP contribution in [0, 0.1) is 17.6 Å². The number of hydrogen-bond acceptors (Lipinski definition) is 1. The van der Waals surface area contributed by atoms with E-state index in [9.17, 15) is 8.78 Å². The van der Waals surface area contributed by atoms with E-state index in [2.05, 4.69) is 19.2 Å². The van der Waals surface area contributed by atoms with E-state index in [0.717, 1.165) is 31.9 Å². The molecule has 1 aromatic carbocycles. The van der Waals surface area contributed by atoms with Crippen LogP contribution >= 0.6 is 0 Å². The molecule has 0 amide bonds. The molecule has 1 rings (SSSR count). The molecule has 0 bridgehead atoms. The van der Waals surface area contributed by atoms with Crippen molar-refractivity contribution in [3.8, 4) is 0 Å². The zero-order chi connectivity index (χ0) is 13.5. The van der Waals surface area contributed by atoms with E-state index in [1.54, 1.807) is 0 Å². The van der Waals surface area contributed by atoms with Gasteiger partial charge in [0.15, 0.2) is 0 Å². The van der Waals surface area contributed by atoms with Crippen molar-refractivity contribution in [3.05, 3.63) is 35.4 Å². The second kappa shape index (κ2) is 7.47. The summed E-state index contributed by atoms with van der Waals surface area (Å²) in [4.78, 5) is 0. The lowest BCUT2D eigenvalue weighted by molar-refractivity contribution is 0.373. The van der Waals surface area contributed by atoms with Crippen molar-refractivity contribution in [1.29, 1.82) is 0 Å². The highest BCUT2D eigenvalue weighted by Gasteiger charge is 2.16. The Balaban J connectivity index is 2.88. The molecule has 102 valence electrons. The highest BCUT2D eigenvalue weighted by Crippen LogP contribution is 2.26. The topological polar surface area (TPSA) is 12.0 Å². The lowest BCUT2D eigenvalue weighted by atomic mass is 9.91. The average molecular weight is 255 g/mol. The summed E-state index contributed by atoms with van der Waals surface area (Å²) in [5, 5.41) is 3.32. The molecule has 0 spiro atoms. The summed E-state index contributed by atoms with van der Waals surface area (Å²) >= 11 is 0. The molecule has 0 aromatic heterocycles. The summed E-state index contributed by atoms with van der Waals surface area (Å²) in [6.45, 7) is 7.12. The molecule has 1 nitrogen and oxygen atoms in total. The number of halogens is 2. The molecule has 1 aromatic rings. The maximum Gasteiger partial charge on any atom is 0.126 e. The van der Waals surface area contributed by atoms with E-state index in [1.165, 1.54) is 12.1 Å². The number of rotatable bonds is 7. The van der Waals surface area contributed by atoms with Crippen molar-refractivity contribution in [1.82, 2.24) is 5.32 Å². The molecule has 3 heteroatoms. The maximum absolute atomic E-state index is 13.3. The molecular formula is C15H23F2N. The van der Waals surface area contributed by atoms with Crippen molar-refractivity contribution < 1.29 is 8.78 Å². The number of nitrogens with one attached hydrogen (secondary N) is 1. The van der Waals surface area contributed by atoms with Gasteiger partial charge in [0.05, 0.1) is 0 Å². The predicted molar refractivity (Wildman–Crippen MR) is 71.5 cm³/mol. The molecule has 1 N–H and O–H groups in total. The Kier molecular flexibility index (Phi) is 6.27. The fourth-order valence-electron chi connectivity index (χ4n) is 2.32. The van der Waals surface area contributed by atoms with Gasteiger partial charge >= 0.3 is 0 Å². The molecule has 0 saturated carbocycles. The quantitative estimate of drug-likeness (QED) is 0.759. The Labute approximate surface area is 109 Å². The van der Waals surface area contributed by atoms with Crippen LogP contribution in [0.25, 0.3) is 0 Å². The zero-order valence-corrected chi connectivity index (χ0v) is 11.5. The molecule has 0 aliphatic rings. The van der Waals surface area contributed by atoms with Crippen LogP contribution in [0.3, 0.4) is 0 Å². The average Bonchev–Trinajstić information content (AvgIpc) is 2.33. The van der Waals surface area contributed by atoms with E-state index < -0.39 is 11.6 Å². The number of hydrogen-bond donors (Lipinski definition) is 1. The van der Waals surface area contributed by atoms with Crippen molar-refractivity contribution >= 4 is 0 Å². The lowest BCUT2D eigenvalue weighted by Gasteiger charge is -2.23. The van der Waals surface area contributed by atoms with Crippen molar-refractivity contribution in [2.45, 2.75) is 46.1 Å². The summed E-state index contributed by atoms with van der Waals surface area (Å²) in [7, 11) is 0. The molecule has 1 atom stereocenters. The molecule has 0 saturated heterocycles. The van der Waals surface area contributed by atoms with Crippen LogP contribution in [0.2, 0.25) is 0 Å². The normalized spacial score (nSPS) is 13.0. The van der Waals surface area contributed by atoms with Gasteiger partial charge < -0.3 is 5.32 Å².